The molecule has 0 saturated heterocycles. The van der Waals surface area contributed by atoms with Crippen molar-refractivity contribution in [3.05, 3.63) is 65.4 Å². The summed E-state index contributed by atoms with van der Waals surface area (Å²) in [7, 11) is 4.52. The van der Waals surface area contributed by atoms with E-state index in [9.17, 15) is 4.79 Å². The van der Waals surface area contributed by atoms with E-state index in [4.69, 9.17) is 25.8 Å². The van der Waals surface area contributed by atoms with E-state index in [2.05, 4.69) is 5.32 Å². The number of aromatic nitrogens is 1. The molecule has 0 atom stereocenters. The van der Waals surface area contributed by atoms with Gasteiger partial charge in [-0.2, -0.15) is 0 Å². The van der Waals surface area contributed by atoms with Gasteiger partial charge in [-0.15, -0.1) is 0 Å². The molecule has 0 aliphatic heterocycles. The Labute approximate surface area is 162 Å². The van der Waals surface area contributed by atoms with E-state index < -0.39 is 0 Å². The van der Waals surface area contributed by atoms with Crippen molar-refractivity contribution in [3.63, 3.8) is 0 Å². The first-order valence-corrected chi connectivity index (χ1v) is 8.49. The van der Waals surface area contributed by atoms with Crippen molar-refractivity contribution in [1.29, 1.82) is 0 Å². The van der Waals surface area contributed by atoms with Gasteiger partial charge in [-0.1, -0.05) is 11.6 Å². The maximum absolute atomic E-state index is 12.9. The number of halogens is 1. The van der Waals surface area contributed by atoms with E-state index in [1.54, 1.807) is 30.3 Å². The highest BCUT2D eigenvalue weighted by Crippen LogP contribution is 2.38. The van der Waals surface area contributed by atoms with Crippen LogP contribution in [0.5, 0.6) is 17.2 Å². The van der Waals surface area contributed by atoms with Crippen molar-refractivity contribution in [3.8, 4) is 22.9 Å². The standard InChI is InChI=1S/C20H19ClN2O4/c1-25-17-10-13(11-18(26-2)19(17)27-3)20(24)22-15-7-6-14(21)12-16(15)23-8-4-5-9-23/h4-12H,1-3H3,(H,22,24). The van der Waals surface area contributed by atoms with Crippen LogP contribution in [0.3, 0.4) is 0 Å². The summed E-state index contributed by atoms with van der Waals surface area (Å²) in [5, 5.41) is 3.49. The molecule has 3 rings (SSSR count). The minimum absolute atomic E-state index is 0.315. The van der Waals surface area contributed by atoms with Crippen LogP contribution in [0.4, 0.5) is 5.69 Å². The van der Waals surface area contributed by atoms with Crippen molar-refractivity contribution < 1.29 is 19.0 Å². The average molecular weight is 387 g/mol. The molecule has 0 spiro atoms. The normalized spacial score (nSPS) is 10.4. The SMILES string of the molecule is COc1cc(C(=O)Nc2ccc(Cl)cc2-n2cccc2)cc(OC)c1OC. The predicted octanol–water partition coefficient (Wildman–Crippen LogP) is 4.41. The highest BCUT2D eigenvalue weighted by molar-refractivity contribution is 6.31. The number of nitrogens with zero attached hydrogens (tertiary/aromatic N) is 1. The molecule has 0 bridgehead atoms. The van der Waals surface area contributed by atoms with Crippen LogP contribution < -0.4 is 19.5 Å². The largest absolute Gasteiger partial charge is 0.493 e. The number of carbonyl (C=O) groups excluding carboxylic acids is 1. The van der Waals surface area contributed by atoms with E-state index in [-0.39, 0.29) is 5.91 Å². The number of methoxy groups -OCH3 is 3. The van der Waals surface area contributed by atoms with Gasteiger partial charge in [0.1, 0.15) is 0 Å². The molecular formula is C20H19ClN2O4. The van der Waals surface area contributed by atoms with Gasteiger partial charge in [-0.05, 0) is 42.5 Å². The van der Waals surface area contributed by atoms with Gasteiger partial charge in [-0.3, -0.25) is 4.79 Å². The van der Waals surface area contributed by atoms with Crippen LogP contribution in [0.15, 0.2) is 54.9 Å². The number of carbonyl (C=O) groups is 1. The first-order chi connectivity index (χ1) is 13.1. The molecule has 0 unspecified atom stereocenters. The van der Waals surface area contributed by atoms with Crippen LogP contribution in [0, 0.1) is 0 Å². The van der Waals surface area contributed by atoms with Gasteiger partial charge >= 0.3 is 0 Å². The molecule has 7 heteroatoms. The fourth-order valence-electron chi connectivity index (χ4n) is 2.73. The topological polar surface area (TPSA) is 61.7 Å². The number of amides is 1. The van der Waals surface area contributed by atoms with E-state index in [1.807, 2.05) is 29.1 Å². The predicted molar refractivity (Wildman–Crippen MR) is 105 cm³/mol. The molecule has 0 radical (unpaired) electrons. The summed E-state index contributed by atoms with van der Waals surface area (Å²) in [6, 6.07) is 12.3. The van der Waals surface area contributed by atoms with Crippen molar-refractivity contribution in [1.82, 2.24) is 4.57 Å². The number of anilines is 1. The molecule has 0 fully saturated rings. The lowest BCUT2D eigenvalue weighted by Crippen LogP contribution is -2.14. The smallest absolute Gasteiger partial charge is 0.255 e. The molecular weight excluding hydrogens is 368 g/mol. The molecule has 1 amide bonds. The second-order valence-corrected chi connectivity index (χ2v) is 6.06. The Balaban J connectivity index is 1.97. The Morgan fingerprint density at radius 2 is 1.59 bits per heavy atom. The van der Waals surface area contributed by atoms with E-state index in [0.29, 0.717) is 33.5 Å². The zero-order valence-electron chi connectivity index (χ0n) is 15.2. The van der Waals surface area contributed by atoms with Crippen LogP contribution in [-0.2, 0) is 0 Å². The molecule has 140 valence electrons. The molecule has 1 heterocycles. The van der Waals surface area contributed by atoms with E-state index in [0.717, 1.165) is 5.69 Å². The summed E-state index contributed by atoms with van der Waals surface area (Å²) < 4.78 is 17.8. The van der Waals surface area contributed by atoms with Crippen molar-refractivity contribution in [2.75, 3.05) is 26.6 Å². The Kier molecular flexibility index (Phi) is 5.57. The number of hydrogen-bond acceptors (Lipinski definition) is 4. The first-order valence-electron chi connectivity index (χ1n) is 8.11. The molecule has 0 saturated carbocycles. The minimum atomic E-state index is -0.315. The number of rotatable bonds is 6. The third-order valence-electron chi connectivity index (χ3n) is 4.02. The lowest BCUT2D eigenvalue weighted by molar-refractivity contribution is 0.102. The van der Waals surface area contributed by atoms with Gasteiger partial charge in [0.05, 0.1) is 32.7 Å². The van der Waals surface area contributed by atoms with Gasteiger partial charge in [0.15, 0.2) is 11.5 Å². The Morgan fingerprint density at radius 1 is 0.963 bits per heavy atom. The molecule has 1 aromatic heterocycles. The highest BCUT2D eigenvalue weighted by atomic mass is 35.5. The second kappa shape index (κ2) is 8.05. The van der Waals surface area contributed by atoms with Gasteiger partial charge in [0, 0.05) is 23.0 Å². The summed E-state index contributed by atoms with van der Waals surface area (Å²) in [6.07, 6.45) is 3.75. The van der Waals surface area contributed by atoms with E-state index in [1.165, 1.54) is 21.3 Å². The maximum atomic E-state index is 12.9. The van der Waals surface area contributed by atoms with Crippen molar-refractivity contribution >= 4 is 23.2 Å². The minimum Gasteiger partial charge on any atom is -0.493 e. The monoisotopic (exact) mass is 386 g/mol. The van der Waals surface area contributed by atoms with Gasteiger partial charge in [-0.25, -0.2) is 0 Å². The van der Waals surface area contributed by atoms with Crippen molar-refractivity contribution in [2.24, 2.45) is 0 Å². The molecule has 0 aliphatic rings. The number of benzene rings is 2. The number of nitrogens with one attached hydrogen (secondary N) is 1. The number of hydrogen-bond donors (Lipinski definition) is 1. The summed E-state index contributed by atoms with van der Waals surface area (Å²) in [4.78, 5) is 12.9. The molecule has 6 nitrogen and oxygen atoms in total. The van der Waals surface area contributed by atoms with Crippen LogP contribution in [-0.4, -0.2) is 31.8 Å². The molecule has 0 aliphatic carbocycles. The van der Waals surface area contributed by atoms with Crippen LogP contribution in [0.1, 0.15) is 10.4 Å². The van der Waals surface area contributed by atoms with Gasteiger partial charge < -0.3 is 24.1 Å². The molecule has 2 aromatic carbocycles. The molecule has 3 aromatic rings. The van der Waals surface area contributed by atoms with Gasteiger partial charge in [0.25, 0.3) is 5.91 Å². The lowest BCUT2D eigenvalue weighted by atomic mass is 10.1. The Morgan fingerprint density at radius 3 is 2.15 bits per heavy atom. The highest BCUT2D eigenvalue weighted by Gasteiger charge is 2.18. The van der Waals surface area contributed by atoms with Crippen LogP contribution in [0.2, 0.25) is 5.02 Å². The Hall–Kier alpha value is -3.12. The molecule has 27 heavy (non-hydrogen) atoms. The zero-order chi connectivity index (χ0) is 19.4. The summed E-state index contributed by atoms with van der Waals surface area (Å²) in [6.45, 7) is 0. The first kappa shape index (κ1) is 18.7. The summed E-state index contributed by atoms with van der Waals surface area (Å²) >= 11 is 6.13. The van der Waals surface area contributed by atoms with E-state index >= 15 is 0 Å². The fourth-order valence-corrected chi connectivity index (χ4v) is 2.89. The van der Waals surface area contributed by atoms with Crippen molar-refractivity contribution in [2.45, 2.75) is 0 Å². The maximum Gasteiger partial charge on any atom is 0.255 e. The number of ether oxygens (including phenoxy) is 3. The third kappa shape index (κ3) is 3.85. The summed E-state index contributed by atoms with van der Waals surface area (Å²) in [5.74, 6) is 0.925. The van der Waals surface area contributed by atoms with Crippen LogP contribution >= 0.6 is 11.6 Å². The fraction of sp³-hybridized carbons (Fsp3) is 0.150. The molecule has 1 N–H and O–H groups in total. The van der Waals surface area contributed by atoms with Gasteiger partial charge in [0.2, 0.25) is 5.75 Å². The average Bonchev–Trinajstić information content (AvgIpc) is 3.22. The zero-order valence-corrected chi connectivity index (χ0v) is 15.9. The lowest BCUT2D eigenvalue weighted by Gasteiger charge is -2.15. The van der Waals surface area contributed by atoms with Crippen LogP contribution in [0.25, 0.3) is 5.69 Å². The second-order valence-electron chi connectivity index (χ2n) is 5.62. The third-order valence-corrected chi connectivity index (χ3v) is 4.25. The Bertz CT molecular complexity index is 930. The quantitative estimate of drug-likeness (QED) is 0.681. The summed E-state index contributed by atoms with van der Waals surface area (Å²) in [5.41, 5.74) is 1.75.